The van der Waals surface area contributed by atoms with Crippen LogP contribution in [-0.4, -0.2) is 24.5 Å². The molecule has 0 fully saturated rings. The van der Waals surface area contributed by atoms with Crippen molar-refractivity contribution in [3.63, 3.8) is 0 Å². The molecule has 50 valence electrons. The molecular weight excluding hydrogens is 110 g/mol. The molecular formula is C4H11NO3. The summed E-state index contributed by atoms with van der Waals surface area (Å²) in [7, 11) is 0. The maximum atomic E-state index is 8.39. The molecule has 0 aromatic rings. The Balaban J connectivity index is 2.72. The Kier molecular flexibility index (Phi) is 4.89. The van der Waals surface area contributed by atoms with Crippen molar-refractivity contribution in [1.29, 1.82) is 0 Å². The number of rotatable bonds is 4. The van der Waals surface area contributed by atoms with Crippen molar-refractivity contribution in [2.45, 2.75) is 13.2 Å². The lowest BCUT2D eigenvalue weighted by Crippen LogP contribution is -2.13. The summed E-state index contributed by atoms with van der Waals surface area (Å²) in [6.07, 6.45) is -0.874. The van der Waals surface area contributed by atoms with E-state index in [1.807, 2.05) is 0 Å². The topological polar surface area (TPSA) is 64.7 Å². The third-order valence-electron chi connectivity index (χ3n) is 0.408. The van der Waals surface area contributed by atoms with Gasteiger partial charge in [0, 0.05) is 6.54 Å². The van der Waals surface area contributed by atoms with Gasteiger partial charge in [-0.3, -0.25) is 0 Å². The molecule has 3 N–H and O–H groups in total. The van der Waals surface area contributed by atoms with Gasteiger partial charge >= 0.3 is 0 Å². The highest BCUT2D eigenvalue weighted by atomic mass is 17.2. The molecule has 0 saturated heterocycles. The number of nitrogens with two attached hydrogens (primary N) is 1. The molecule has 0 saturated carbocycles. The third kappa shape index (κ3) is 5.84. The molecule has 0 aliphatic heterocycles. The first-order chi connectivity index (χ1) is 3.77. The number of hydrogen-bond acceptors (Lipinski definition) is 4. The molecule has 0 amide bonds. The SMILES string of the molecule is CC(O)OOCCN. The summed E-state index contributed by atoms with van der Waals surface area (Å²) in [5.74, 6) is 0. The van der Waals surface area contributed by atoms with Gasteiger partial charge in [-0.2, -0.15) is 0 Å². The van der Waals surface area contributed by atoms with Crippen LogP contribution in [0.4, 0.5) is 0 Å². The average Bonchev–Trinajstić information content (AvgIpc) is 1.66. The lowest BCUT2D eigenvalue weighted by Gasteiger charge is -2.02. The zero-order chi connectivity index (χ0) is 6.41. The van der Waals surface area contributed by atoms with E-state index in [2.05, 4.69) is 9.78 Å². The zero-order valence-corrected chi connectivity index (χ0v) is 4.83. The van der Waals surface area contributed by atoms with E-state index < -0.39 is 6.29 Å². The van der Waals surface area contributed by atoms with Crippen molar-refractivity contribution in [3.8, 4) is 0 Å². The van der Waals surface area contributed by atoms with Gasteiger partial charge in [-0.25, -0.2) is 9.78 Å². The second kappa shape index (κ2) is 4.99. The molecule has 4 nitrogen and oxygen atoms in total. The average molecular weight is 121 g/mol. The van der Waals surface area contributed by atoms with E-state index in [1.54, 1.807) is 0 Å². The predicted octanol–water partition coefficient (Wildman–Crippen LogP) is -0.768. The summed E-state index contributed by atoms with van der Waals surface area (Å²) >= 11 is 0. The summed E-state index contributed by atoms with van der Waals surface area (Å²) in [6, 6.07) is 0. The Morgan fingerprint density at radius 2 is 2.38 bits per heavy atom. The minimum atomic E-state index is -0.874. The second-order valence-electron chi connectivity index (χ2n) is 1.31. The largest absolute Gasteiger partial charge is 0.366 e. The van der Waals surface area contributed by atoms with E-state index in [9.17, 15) is 0 Å². The van der Waals surface area contributed by atoms with Crippen LogP contribution in [0.25, 0.3) is 0 Å². The molecule has 0 heterocycles. The first kappa shape index (κ1) is 7.84. The molecule has 8 heavy (non-hydrogen) atoms. The van der Waals surface area contributed by atoms with Crippen molar-refractivity contribution in [1.82, 2.24) is 0 Å². The Morgan fingerprint density at radius 1 is 1.75 bits per heavy atom. The minimum absolute atomic E-state index is 0.310. The Bertz CT molecular complexity index is 48.5. The Hall–Kier alpha value is -0.160. The van der Waals surface area contributed by atoms with E-state index >= 15 is 0 Å². The lowest BCUT2D eigenvalue weighted by molar-refractivity contribution is -0.362. The first-order valence-electron chi connectivity index (χ1n) is 2.43. The van der Waals surface area contributed by atoms with Gasteiger partial charge in [0.2, 0.25) is 0 Å². The molecule has 1 unspecified atom stereocenters. The van der Waals surface area contributed by atoms with Crippen molar-refractivity contribution in [2.75, 3.05) is 13.2 Å². The first-order valence-corrected chi connectivity index (χ1v) is 2.43. The quantitative estimate of drug-likeness (QED) is 0.222. The predicted molar refractivity (Wildman–Crippen MR) is 27.8 cm³/mol. The molecule has 0 aromatic carbocycles. The van der Waals surface area contributed by atoms with Crippen molar-refractivity contribution < 1.29 is 14.9 Å². The Morgan fingerprint density at radius 3 is 2.75 bits per heavy atom. The monoisotopic (exact) mass is 121 g/mol. The summed E-state index contributed by atoms with van der Waals surface area (Å²) < 4.78 is 0. The van der Waals surface area contributed by atoms with Crippen molar-refractivity contribution in [2.24, 2.45) is 5.73 Å². The number of aliphatic hydroxyl groups is 1. The lowest BCUT2D eigenvalue weighted by atomic mass is 10.7. The van der Waals surface area contributed by atoms with Gasteiger partial charge in [0.1, 0.15) is 0 Å². The van der Waals surface area contributed by atoms with Crippen LogP contribution < -0.4 is 5.73 Å². The fourth-order valence-corrected chi connectivity index (χ4v) is 0.195. The zero-order valence-electron chi connectivity index (χ0n) is 4.83. The molecule has 0 aliphatic rings. The van der Waals surface area contributed by atoms with Crippen LogP contribution in [0.2, 0.25) is 0 Å². The standard InChI is InChI=1S/C4H11NO3/c1-4(6)8-7-3-2-5/h4,6H,2-3,5H2,1H3. The summed E-state index contributed by atoms with van der Waals surface area (Å²) in [6.45, 7) is 2.16. The van der Waals surface area contributed by atoms with Crippen molar-refractivity contribution >= 4 is 0 Å². The molecule has 0 aromatic heterocycles. The highest BCUT2D eigenvalue weighted by Gasteiger charge is 1.91. The molecule has 0 rings (SSSR count). The van der Waals surface area contributed by atoms with Gasteiger partial charge in [0.05, 0.1) is 6.61 Å². The second-order valence-corrected chi connectivity index (χ2v) is 1.31. The highest BCUT2D eigenvalue weighted by molar-refractivity contribution is 4.22. The van der Waals surface area contributed by atoms with Gasteiger partial charge in [-0.1, -0.05) is 0 Å². The van der Waals surface area contributed by atoms with Crippen LogP contribution in [0.15, 0.2) is 0 Å². The van der Waals surface area contributed by atoms with Crippen LogP contribution in [0.5, 0.6) is 0 Å². The number of aliphatic hydroxyl groups excluding tert-OH is 1. The van der Waals surface area contributed by atoms with E-state index in [0.717, 1.165) is 0 Å². The van der Waals surface area contributed by atoms with Gasteiger partial charge in [-0.15, -0.1) is 0 Å². The van der Waals surface area contributed by atoms with Gasteiger partial charge in [0.15, 0.2) is 6.29 Å². The summed E-state index contributed by atoms with van der Waals surface area (Å²) in [4.78, 5) is 8.63. The maximum Gasteiger partial charge on any atom is 0.185 e. The minimum Gasteiger partial charge on any atom is -0.366 e. The van der Waals surface area contributed by atoms with Crippen LogP contribution >= 0.6 is 0 Å². The van der Waals surface area contributed by atoms with E-state index in [-0.39, 0.29) is 0 Å². The van der Waals surface area contributed by atoms with Crippen LogP contribution in [0.1, 0.15) is 6.92 Å². The molecule has 0 spiro atoms. The highest BCUT2D eigenvalue weighted by Crippen LogP contribution is 1.82. The normalized spacial score (nSPS) is 13.9. The van der Waals surface area contributed by atoms with Gasteiger partial charge < -0.3 is 10.8 Å². The van der Waals surface area contributed by atoms with Crippen molar-refractivity contribution in [3.05, 3.63) is 0 Å². The van der Waals surface area contributed by atoms with Gasteiger partial charge in [-0.05, 0) is 6.92 Å². The van der Waals surface area contributed by atoms with E-state index in [1.165, 1.54) is 6.92 Å². The molecule has 0 radical (unpaired) electrons. The molecule has 4 heteroatoms. The fourth-order valence-electron chi connectivity index (χ4n) is 0.195. The van der Waals surface area contributed by atoms with E-state index in [0.29, 0.717) is 13.2 Å². The van der Waals surface area contributed by atoms with Crippen LogP contribution in [-0.2, 0) is 9.78 Å². The fraction of sp³-hybridized carbons (Fsp3) is 1.00. The van der Waals surface area contributed by atoms with Crippen LogP contribution in [0.3, 0.4) is 0 Å². The van der Waals surface area contributed by atoms with Crippen LogP contribution in [0, 0.1) is 0 Å². The maximum absolute atomic E-state index is 8.39. The number of hydrogen-bond donors (Lipinski definition) is 2. The molecule has 1 atom stereocenters. The smallest absolute Gasteiger partial charge is 0.185 e. The van der Waals surface area contributed by atoms with Gasteiger partial charge in [0.25, 0.3) is 0 Å². The third-order valence-corrected chi connectivity index (χ3v) is 0.408. The Labute approximate surface area is 48.1 Å². The summed E-state index contributed by atoms with van der Waals surface area (Å²) in [5.41, 5.74) is 5.03. The van der Waals surface area contributed by atoms with E-state index in [4.69, 9.17) is 10.8 Å². The summed E-state index contributed by atoms with van der Waals surface area (Å²) in [5, 5.41) is 8.39. The molecule has 0 aliphatic carbocycles. The molecule has 0 bridgehead atoms.